The Bertz CT molecular complexity index is 698. The van der Waals surface area contributed by atoms with Crippen molar-refractivity contribution in [1.82, 2.24) is 20.4 Å². The fourth-order valence-corrected chi connectivity index (χ4v) is 4.80. The fraction of sp³-hybridized carbons (Fsp3) is 0.714. The minimum Gasteiger partial charge on any atom is -0.383 e. The molecule has 8 nitrogen and oxygen atoms in total. The average molecular weight is 342 g/mol. The van der Waals surface area contributed by atoms with Gasteiger partial charge in [0.1, 0.15) is 0 Å². The summed E-state index contributed by atoms with van der Waals surface area (Å²) in [5, 5.41) is 10.5. The zero-order valence-corrected chi connectivity index (χ0v) is 14.0. The third-order valence-corrected chi connectivity index (χ3v) is 6.06. The van der Waals surface area contributed by atoms with Crippen molar-refractivity contribution in [1.29, 1.82) is 0 Å². The van der Waals surface area contributed by atoms with Gasteiger partial charge in [0.15, 0.2) is 15.5 Å². The van der Waals surface area contributed by atoms with Crippen molar-refractivity contribution in [2.75, 3.05) is 31.8 Å². The van der Waals surface area contributed by atoms with Crippen molar-refractivity contribution in [2.45, 2.75) is 32.0 Å². The molecule has 1 amide bonds. The maximum Gasteiger partial charge on any atom is 0.272 e. The molecule has 1 atom stereocenters. The van der Waals surface area contributed by atoms with Crippen LogP contribution in [0.2, 0.25) is 0 Å². The zero-order chi connectivity index (χ0) is 16.4. The second-order valence-electron chi connectivity index (χ2n) is 5.99. The van der Waals surface area contributed by atoms with Gasteiger partial charge in [0.25, 0.3) is 5.91 Å². The molecule has 2 aliphatic heterocycles. The van der Waals surface area contributed by atoms with Gasteiger partial charge in [-0.15, -0.1) is 0 Å². The molecule has 2 aliphatic rings. The van der Waals surface area contributed by atoms with Crippen LogP contribution in [-0.4, -0.2) is 61.9 Å². The maximum atomic E-state index is 12.5. The molecule has 1 fully saturated rings. The van der Waals surface area contributed by atoms with Gasteiger partial charge in [-0.25, -0.2) is 8.42 Å². The lowest BCUT2D eigenvalue weighted by atomic mass is 10.1. The van der Waals surface area contributed by atoms with E-state index in [1.807, 2.05) is 4.68 Å². The molecule has 3 rings (SSSR count). The van der Waals surface area contributed by atoms with E-state index in [2.05, 4.69) is 15.7 Å². The lowest BCUT2D eigenvalue weighted by Gasteiger charge is -2.16. The highest BCUT2D eigenvalue weighted by atomic mass is 32.2. The van der Waals surface area contributed by atoms with Crippen LogP contribution in [0.25, 0.3) is 0 Å². The number of rotatable bonds is 5. The van der Waals surface area contributed by atoms with E-state index in [0.29, 0.717) is 31.8 Å². The van der Waals surface area contributed by atoms with Crippen LogP contribution in [0.15, 0.2) is 0 Å². The van der Waals surface area contributed by atoms with Gasteiger partial charge in [0.2, 0.25) is 0 Å². The molecular weight excluding hydrogens is 320 g/mol. The number of amides is 1. The Hall–Kier alpha value is -1.45. The molecule has 0 aliphatic carbocycles. The number of methoxy groups -OCH3 is 1. The maximum absolute atomic E-state index is 12.5. The summed E-state index contributed by atoms with van der Waals surface area (Å²) in [6.07, 6.45) is 1.29. The van der Waals surface area contributed by atoms with E-state index >= 15 is 0 Å². The molecule has 1 aromatic rings. The van der Waals surface area contributed by atoms with Gasteiger partial charge in [-0.2, -0.15) is 5.10 Å². The van der Waals surface area contributed by atoms with Gasteiger partial charge < -0.3 is 15.4 Å². The number of hydrogen-bond donors (Lipinski definition) is 2. The Kier molecular flexibility index (Phi) is 4.69. The van der Waals surface area contributed by atoms with E-state index in [0.717, 1.165) is 24.2 Å². The fourth-order valence-electron chi connectivity index (χ4n) is 3.13. The molecule has 128 valence electrons. The first kappa shape index (κ1) is 16.4. The van der Waals surface area contributed by atoms with Crippen LogP contribution in [0.4, 0.5) is 0 Å². The smallest absolute Gasteiger partial charge is 0.272 e. The normalized spacial score (nSPS) is 22.7. The summed E-state index contributed by atoms with van der Waals surface area (Å²) >= 11 is 0. The highest BCUT2D eigenvalue weighted by Gasteiger charge is 2.31. The minimum absolute atomic E-state index is 0.0174. The summed E-state index contributed by atoms with van der Waals surface area (Å²) in [7, 11) is -1.39. The number of sulfone groups is 1. The largest absolute Gasteiger partial charge is 0.383 e. The predicted octanol–water partition coefficient (Wildman–Crippen LogP) is -0.908. The van der Waals surface area contributed by atoms with Gasteiger partial charge >= 0.3 is 0 Å². The molecule has 1 saturated heterocycles. The Labute approximate surface area is 135 Å². The Morgan fingerprint density at radius 1 is 1.52 bits per heavy atom. The highest BCUT2D eigenvalue weighted by molar-refractivity contribution is 7.91. The third-order valence-electron chi connectivity index (χ3n) is 4.30. The summed E-state index contributed by atoms with van der Waals surface area (Å²) < 4.78 is 30.0. The SMILES string of the molecule is COCCn1nc(C(=O)NC2CCS(=O)(=O)C2)c2c1CCNC2. The Balaban J connectivity index is 1.78. The van der Waals surface area contributed by atoms with Crippen LogP contribution in [0, 0.1) is 0 Å². The molecule has 0 aromatic carbocycles. The number of fused-ring (bicyclic) bond motifs is 1. The summed E-state index contributed by atoms with van der Waals surface area (Å²) in [5.41, 5.74) is 2.36. The van der Waals surface area contributed by atoms with Crippen LogP contribution in [-0.2, 0) is 34.1 Å². The standard InChI is InChI=1S/C14H22N4O4S/c1-22-6-5-18-12-2-4-15-8-11(12)13(17-18)14(19)16-10-3-7-23(20,21)9-10/h10,15H,2-9H2,1H3,(H,16,19). The van der Waals surface area contributed by atoms with Crippen molar-refractivity contribution in [3.05, 3.63) is 17.0 Å². The average Bonchev–Trinajstić information content (AvgIpc) is 3.05. The first-order valence-corrected chi connectivity index (χ1v) is 9.62. The lowest BCUT2D eigenvalue weighted by Crippen LogP contribution is -2.37. The Morgan fingerprint density at radius 3 is 3.04 bits per heavy atom. The lowest BCUT2D eigenvalue weighted by molar-refractivity contribution is 0.0933. The monoisotopic (exact) mass is 342 g/mol. The van der Waals surface area contributed by atoms with Crippen molar-refractivity contribution in [2.24, 2.45) is 0 Å². The van der Waals surface area contributed by atoms with Gasteiger partial charge in [-0.05, 0) is 6.42 Å². The molecule has 1 unspecified atom stereocenters. The highest BCUT2D eigenvalue weighted by Crippen LogP contribution is 2.19. The number of nitrogens with one attached hydrogen (secondary N) is 2. The van der Waals surface area contributed by atoms with Crippen molar-refractivity contribution >= 4 is 15.7 Å². The van der Waals surface area contributed by atoms with Crippen LogP contribution in [0.1, 0.15) is 28.2 Å². The van der Waals surface area contributed by atoms with Gasteiger partial charge in [0.05, 0.1) is 24.7 Å². The molecule has 3 heterocycles. The molecule has 9 heteroatoms. The molecule has 0 bridgehead atoms. The molecule has 23 heavy (non-hydrogen) atoms. The summed E-state index contributed by atoms with van der Waals surface area (Å²) in [6.45, 7) is 2.59. The van der Waals surface area contributed by atoms with Crippen molar-refractivity contribution in [3.8, 4) is 0 Å². The first-order chi connectivity index (χ1) is 11.0. The van der Waals surface area contributed by atoms with Crippen LogP contribution in [0.3, 0.4) is 0 Å². The number of aromatic nitrogens is 2. The molecule has 0 radical (unpaired) electrons. The second-order valence-corrected chi connectivity index (χ2v) is 8.22. The van der Waals surface area contributed by atoms with E-state index in [1.54, 1.807) is 7.11 Å². The van der Waals surface area contributed by atoms with Crippen LogP contribution >= 0.6 is 0 Å². The molecule has 2 N–H and O–H groups in total. The molecule has 0 saturated carbocycles. The number of carbonyl (C=O) groups is 1. The third kappa shape index (κ3) is 3.56. The number of nitrogens with zero attached hydrogens (tertiary/aromatic N) is 2. The molecule has 1 aromatic heterocycles. The first-order valence-electron chi connectivity index (χ1n) is 7.79. The minimum atomic E-state index is -3.02. The number of hydrogen-bond acceptors (Lipinski definition) is 6. The van der Waals surface area contributed by atoms with E-state index in [1.165, 1.54) is 0 Å². The Morgan fingerprint density at radius 2 is 2.35 bits per heavy atom. The molecular formula is C14H22N4O4S. The van der Waals surface area contributed by atoms with E-state index in [9.17, 15) is 13.2 Å². The zero-order valence-electron chi connectivity index (χ0n) is 13.2. The quantitative estimate of drug-likeness (QED) is 0.718. The van der Waals surface area contributed by atoms with Gasteiger partial charge in [-0.3, -0.25) is 9.48 Å². The number of carbonyl (C=O) groups excluding carboxylic acids is 1. The summed E-state index contributed by atoms with van der Waals surface area (Å²) in [4.78, 5) is 12.5. The van der Waals surface area contributed by atoms with Crippen molar-refractivity contribution in [3.63, 3.8) is 0 Å². The van der Waals surface area contributed by atoms with E-state index in [4.69, 9.17) is 4.74 Å². The van der Waals surface area contributed by atoms with E-state index in [-0.39, 0.29) is 23.5 Å². The van der Waals surface area contributed by atoms with Crippen LogP contribution in [0.5, 0.6) is 0 Å². The van der Waals surface area contributed by atoms with Gasteiger partial charge in [-0.1, -0.05) is 0 Å². The van der Waals surface area contributed by atoms with Gasteiger partial charge in [0, 0.05) is 43.9 Å². The molecule has 0 spiro atoms. The predicted molar refractivity (Wildman–Crippen MR) is 84.0 cm³/mol. The number of ether oxygens (including phenoxy) is 1. The van der Waals surface area contributed by atoms with Crippen LogP contribution < -0.4 is 10.6 Å². The summed E-state index contributed by atoms with van der Waals surface area (Å²) in [5.74, 6) is -0.132. The van der Waals surface area contributed by atoms with Crippen molar-refractivity contribution < 1.29 is 17.9 Å². The van der Waals surface area contributed by atoms with E-state index < -0.39 is 9.84 Å². The summed E-state index contributed by atoms with van der Waals surface area (Å²) in [6, 6.07) is -0.316. The second kappa shape index (κ2) is 6.58. The topological polar surface area (TPSA) is 102 Å².